The zero-order valence-corrected chi connectivity index (χ0v) is 18.1. The monoisotopic (exact) mass is 453 g/mol. The Morgan fingerprint density at radius 3 is 2.27 bits per heavy atom. The van der Waals surface area contributed by atoms with E-state index in [9.17, 15) is 13.2 Å². The molecule has 4 aromatic rings. The first-order valence-electron chi connectivity index (χ1n) is 10.8. The Morgan fingerprint density at radius 1 is 0.848 bits per heavy atom. The molecule has 0 bridgehead atoms. The van der Waals surface area contributed by atoms with Crippen LogP contribution in [0.5, 0.6) is 5.75 Å². The van der Waals surface area contributed by atoms with E-state index in [0.717, 1.165) is 28.6 Å². The molecule has 0 spiro atoms. The molecule has 6 heteroatoms. The van der Waals surface area contributed by atoms with Gasteiger partial charge in [-0.2, -0.15) is 13.2 Å². The van der Waals surface area contributed by atoms with Crippen molar-refractivity contribution in [3.8, 4) is 17.0 Å². The Labute approximate surface area is 189 Å². The van der Waals surface area contributed by atoms with Crippen molar-refractivity contribution in [2.45, 2.75) is 32.4 Å². The van der Waals surface area contributed by atoms with Gasteiger partial charge >= 0.3 is 6.18 Å². The van der Waals surface area contributed by atoms with Gasteiger partial charge in [0.15, 0.2) is 6.61 Å². The van der Waals surface area contributed by atoms with E-state index in [1.54, 1.807) is 24.3 Å². The molecular formula is C27H23F4NO. The zero-order chi connectivity index (χ0) is 23.4. The van der Waals surface area contributed by atoms with Gasteiger partial charge in [0.25, 0.3) is 0 Å². The second-order valence-corrected chi connectivity index (χ2v) is 7.93. The van der Waals surface area contributed by atoms with E-state index >= 15 is 4.39 Å². The van der Waals surface area contributed by atoms with Crippen molar-refractivity contribution in [2.75, 3.05) is 6.61 Å². The molecule has 0 fully saturated rings. The number of hydrogen-bond donors (Lipinski definition) is 0. The molecule has 0 amide bonds. The molecule has 0 aliphatic rings. The maximum atomic E-state index is 15.1. The van der Waals surface area contributed by atoms with Crippen LogP contribution in [0.1, 0.15) is 23.6 Å². The molecule has 0 radical (unpaired) electrons. The van der Waals surface area contributed by atoms with E-state index in [2.05, 4.69) is 11.9 Å². The Hall–Kier alpha value is -3.41. The summed E-state index contributed by atoms with van der Waals surface area (Å²) in [6.07, 6.45) is -0.545. The quantitative estimate of drug-likeness (QED) is 0.273. The van der Waals surface area contributed by atoms with E-state index in [0.29, 0.717) is 23.8 Å². The highest BCUT2D eigenvalue weighted by Crippen LogP contribution is 2.28. The average molecular weight is 453 g/mol. The smallest absolute Gasteiger partial charge is 0.422 e. The lowest BCUT2D eigenvalue weighted by atomic mass is 9.98. The van der Waals surface area contributed by atoms with E-state index in [-0.39, 0.29) is 11.6 Å². The standard InChI is InChI=1S/C27H23F4NO/c1-2-18-6-14-25(32-16-18)22-10-13-24-21(15-22)9-8-20(26(24)28)7-3-19-4-11-23(12-5-19)33-17-27(29,30)31/h4-6,8-16H,2-3,7,17H2,1H3. The minimum atomic E-state index is -4.37. The summed E-state index contributed by atoms with van der Waals surface area (Å²) in [7, 11) is 0. The predicted molar refractivity (Wildman–Crippen MR) is 122 cm³/mol. The molecule has 1 aromatic heterocycles. The second kappa shape index (κ2) is 9.61. The van der Waals surface area contributed by atoms with Gasteiger partial charge in [-0.1, -0.05) is 49.4 Å². The third-order valence-corrected chi connectivity index (χ3v) is 5.57. The molecule has 0 unspecified atom stereocenters. The van der Waals surface area contributed by atoms with Crippen molar-refractivity contribution < 1.29 is 22.3 Å². The Balaban J connectivity index is 1.45. The lowest BCUT2D eigenvalue weighted by molar-refractivity contribution is -0.153. The van der Waals surface area contributed by atoms with Crippen LogP contribution in [-0.2, 0) is 19.3 Å². The lowest BCUT2D eigenvalue weighted by Gasteiger charge is -2.10. The van der Waals surface area contributed by atoms with Crippen LogP contribution in [0, 0.1) is 5.82 Å². The molecule has 0 aliphatic carbocycles. The van der Waals surface area contributed by atoms with Gasteiger partial charge in [-0.05, 0) is 65.6 Å². The van der Waals surface area contributed by atoms with Crippen LogP contribution in [0.15, 0.2) is 72.9 Å². The summed E-state index contributed by atoms with van der Waals surface area (Å²) in [6.45, 7) is 0.756. The van der Waals surface area contributed by atoms with Crippen LogP contribution < -0.4 is 4.74 Å². The van der Waals surface area contributed by atoms with Crippen LogP contribution in [0.25, 0.3) is 22.0 Å². The van der Waals surface area contributed by atoms with Crippen molar-refractivity contribution in [3.05, 3.63) is 95.4 Å². The Kier molecular flexibility index (Phi) is 6.63. The van der Waals surface area contributed by atoms with E-state index < -0.39 is 12.8 Å². The summed E-state index contributed by atoms with van der Waals surface area (Å²) in [4.78, 5) is 4.50. The predicted octanol–water partition coefficient (Wildman–Crippen LogP) is 7.33. The highest BCUT2D eigenvalue weighted by molar-refractivity contribution is 5.88. The third kappa shape index (κ3) is 5.69. The topological polar surface area (TPSA) is 22.1 Å². The molecule has 33 heavy (non-hydrogen) atoms. The normalized spacial score (nSPS) is 11.7. The molecule has 0 saturated heterocycles. The number of pyridine rings is 1. The fourth-order valence-corrected chi connectivity index (χ4v) is 3.69. The van der Waals surface area contributed by atoms with Gasteiger partial charge in [-0.3, -0.25) is 4.98 Å². The molecule has 3 aromatic carbocycles. The maximum absolute atomic E-state index is 15.1. The molecule has 2 nitrogen and oxygen atoms in total. The number of aryl methyl sites for hydroxylation is 3. The lowest BCUT2D eigenvalue weighted by Crippen LogP contribution is -2.19. The highest BCUT2D eigenvalue weighted by atomic mass is 19.4. The van der Waals surface area contributed by atoms with Gasteiger partial charge in [0.1, 0.15) is 11.6 Å². The number of halogens is 4. The summed E-state index contributed by atoms with van der Waals surface area (Å²) in [5.41, 5.74) is 4.44. The van der Waals surface area contributed by atoms with Crippen molar-refractivity contribution in [3.63, 3.8) is 0 Å². The van der Waals surface area contributed by atoms with Gasteiger partial charge < -0.3 is 4.74 Å². The van der Waals surface area contributed by atoms with Gasteiger partial charge in [0.05, 0.1) is 5.69 Å². The number of fused-ring (bicyclic) bond motifs is 1. The second-order valence-electron chi connectivity index (χ2n) is 7.93. The number of benzene rings is 3. The summed E-state index contributed by atoms with van der Waals surface area (Å²) in [5, 5.41) is 1.36. The number of hydrogen-bond acceptors (Lipinski definition) is 2. The minimum Gasteiger partial charge on any atom is -0.484 e. The first-order valence-corrected chi connectivity index (χ1v) is 10.8. The summed E-state index contributed by atoms with van der Waals surface area (Å²) in [6, 6.07) is 19.7. The first-order chi connectivity index (χ1) is 15.8. The minimum absolute atomic E-state index is 0.155. The van der Waals surface area contributed by atoms with Gasteiger partial charge in [0.2, 0.25) is 0 Å². The summed E-state index contributed by atoms with van der Waals surface area (Å²) in [5.74, 6) is -0.0962. The molecule has 4 rings (SSSR count). The van der Waals surface area contributed by atoms with E-state index in [4.69, 9.17) is 4.74 Å². The SMILES string of the molecule is CCc1ccc(-c2ccc3c(F)c(CCc4ccc(OCC(F)(F)F)cc4)ccc3c2)nc1. The van der Waals surface area contributed by atoms with Crippen LogP contribution in [0.4, 0.5) is 17.6 Å². The first kappa shape index (κ1) is 22.8. The molecule has 0 atom stereocenters. The van der Waals surface area contributed by atoms with E-state index in [1.807, 2.05) is 36.5 Å². The molecule has 170 valence electrons. The average Bonchev–Trinajstić information content (AvgIpc) is 2.82. The fraction of sp³-hybridized carbons (Fsp3) is 0.222. The number of rotatable bonds is 7. The number of aromatic nitrogens is 1. The summed E-state index contributed by atoms with van der Waals surface area (Å²) >= 11 is 0. The Morgan fingerprint density at radius 2 is 1.61 bits per heavy atom. The van der Waals surface area contributed by atoms with Crippen molar-refractivity contribution in [1.82, 2.24) is 4.98 Å². The van der Waals surface area contributed by atoms with Crippen LogP contribution in [-0.4, -0.2) is 17.8 Å². The summed E-state index contributed by atoms with van der Waals surface area (Å²) < 4.78 is 56.6. The molecule has 1 heterocycles. The molecule has 0 saturated carbocycles. The van der Waals surface area contributed by atoms with Crippen molar-refractivity contribution in [2.24, 2.45) is 0 Å². The van der Waals surface area contributed by atoms with Crippen LogP contribution in [0.3, 0.4) is 0 Å². The Bertz CT molecular complexity index is 1230. The third-order valence-electron chi connectivity index (χ3n) is 5.57. The number of alkyl halides is 3. The van der Waals surface area contributed by atoms with Gasteiger partial charge in [-0.15, -0.1) is 0 Å². The molecular weight excluding hydrogens is 430 g/mol. The molecule has 0 aliphatic heterocycles. The zero-order valence-electron chi connectivity index (χ0n) is 18.1. The maximum Gasteiger partial charge on any atom is 0.422 e. The fourth-order valence-electron chi connectivity index (χ4n) is 3.69. The van der Waals surface area contributed by atoms with Gasteiger partial charge in [-0.25, -0.2) is 4.39 Å². The van der Waals surface area contributed by atoms with Crippen LogP contribution in [0.2, 0.25) is 0 Å². The van der Waals surface area contributed by atoms with Crippen LogP contribution >= 0.6 is 0 Å². The van der Waals surface area contributed by atoms with Gasteiger partial charge in [0, 0.05) is 17.1 Å². The largest absolute Gasteiger partial charge is 0.484 e. The van der Waals surface area contributed by atoms with E-state index in [1.165, 1.54) is 17.7 Å². The van der Waals surface area contributed by atoms with Crippen molar-refractivity contribution >= 4 is 10.8 Å². The number of ether oxygens (including phenoxy) is 1. The van der Waals surface area contributed by atoms with Crippen molar-refractivity contribution in [1.29, 1.82) is 0 Å². The number of nitrogens with zero attached hydrogens (tertiary/aromatic N) is 1. The molecule has 0 N–H and O–H groups in total. The highest BCUT2D eigenvalue weighted by Gasteiger charge is 2.28.